The Balaban J connectivity index is 1.89. The summed E-state index contributed by atoms with van der Waals surface area (Å²) in [6.45, 7) is 0. The summed E-state index contributed by atoms with van der Waals surface area (Å²) >= 11 is 10.8. The molecule has 0 aliphatic rings. The first-order valence-corrected chi connectivity index (χ1v) is 8.77. The van der Waals surface area contributed by atoms with Crippen LogP contribution in [0.15, 0.2) is 46.9 Å². The Labute approximate surface area is 155 Å². The van der Waals surface area contributed by atoms with E-state index in [1.807, 2.05) is 24.3 Å². The maximum atomic E-state index is 12.4. The molecule has 2 aromatic carbocycles. The van der Waals surface area contributed by atoms with Crippen LogP contribution in [0.5, 0.6) is 5.75 Å². The van der Waals surface area contributed by atoms with Gasteiger partial charge in [-0.05, 0) is 40.2 Å². The number of esters is 2. The minimum absolute atomic E-state index is 0.293. The number of carbonyl (C=O) groups is 2. The van der Waals surface area contributed by atoms with E-state index >= 15 is 0 Å². The molecule has 3 aromatic rings. The highest BCUT2D eigenvalue weighted by Gasteiger charge is 2.20. The molecule has 122 valence electrons. The molecule has 7 heteroatoms. The van der Waals surface area contributed by atoms with Gasteiger partial charge in [-0.25, -0.2) is 9.59 Å². The molecule has 1 aromatic heterocycles. The highest BCUT2D eigenvalue weighted by atomic mass is 79.9. The number of benzene rings is 2. The second kappa shape index (κ2) is 6.93. The second-order valence-corrected chi connectivity index (χ2v) is 7.05. The van der Waals surface area contributed by atoms with Crippen LogP contribution in [0.4, 0.5) is 0 Å². The summed E-state index contributed by atoms with van der Waals surface area (Å²) in [4.78, 5) is 24.3. The third-order valence-corrected chi connectivity index (χ3v) is 5.55. The molecule has 4 nitrogen and oxygen atoms in total. The van der Waals surface area contributed by atoms with E-state index in [4.69, 9.17) is 16.3 Å². The normalized spacial score (nSPS) is 10.6. The first-order chi connectivity index (χ1) is 11.5. The number of thiophene rings is 1. The molecule has 0 atom stereocenters. The predicted molar refractivity (Wildman–Crippen MR) is 97.3 cm³/mol. The first-order valence-electron chi connectivity index (χ1n) is 6.78. The number of ether oxygens (including phenoxy) is 2. The van der Waals surface area contributed by atoms with Gasteiger partial charge in [0.15, 0.2) is 0 Å². The van der Waals surface area contributed by atoms with Gasteiger partial charge in [0.25, 0.3) is 0 Å². The minimum atomic E-state index is -0.548. The lowest BCUT2D eigenvalue weighted by Crippen LogP contribution is -2.08. The van der Waals surface area contributed by atoms with Crippen molar-refractivity contribution in [3.8, 4) is 5.75 Å². The SMILES string of the molecule is COC(=O)c1ccc(OC(=O)c2sc3ccccc3c2Cl)c(Br)c1. The van der Waals surface area contributed by atoms with E-state index in [0.717, 1.165) is 10.1 Å². The van der Waals surface area contributed by atoms with Gasteiger partial charge in [0.1, 0.15) is 10.6 Å². The molecule has 0 saturated heterocycles. The van der Waals surface area contributed by atoms with Gasteiger partial charge in [-0.3, -0.25) is 0 Å². The van der Waals surface area contributed by atoms with E-state index in [2.05, 4.69) is 20.7 Å². The lowest BCUT2D eigenvalue weighted by atomic mass is 10.2. The fraction of sp³-hybridized carbons (Fsp3) is 0.0588. The Morgan fingerprint density at radius 3 is 2.54 bits per heavy atom. The fourth-order valence-electron chi connectivity index (χ4n) is 2.12. The van der Waals surface area contributed by atoms with Gasteiger partial charge in [0.05, 0.1) is 22.2 Å². The van der Waals surface area contributed by atoms with Crippen molar-refractivity contribution in [2.75, 3.05) is 7.11 Å². The molecule has 1 heterocycles. The van der Waals surface area contributed by atoms with Gasteiger partial charge < -0.3 is 9.47 Å². The van der Waals surface area contributed by atoms with Gasteiger partial charge >= 0.3 is 11.9 Å². The van der Waals surface area contributed by atoms with Crippen LogP contribution < -0.4 is 4.74 Å². The second-order valence-electron chi connectivity index (χ2n) is 4.77. The van der Waals surface area contributed by atoms with Gasteiger partial charge in [0.2, 0.25) is 0 Å². The molecule has 3 rings (SSSR count). The van der Waals surface area contributed by atoms with Crippen LogP contribution in [-0.4, -0.2) is 19.0 Å². The maximum Gasteiger partial charge on any atom is 0.355 e. The van der Waals surface area contributed by atoms with Crippen LogP contribution in [0.3, 0.4) is 0 Å². The number of rotatable bonds is 3. The molecular weight excluding hydrogens is 416 g/mol. The van der Waals surface area contributed by atoms with Crippen LogP contribution in [0.2, 0.25) is 5.02 Å². The predicted octanol–water partition coefficient (Wildman–Crippen LogP) is 5.32. The van der Waals surface area contributed by atoms with Crippen molar-refractivity contribution in [2.24, 2.45) is 0 Å². The Morgan fingerprint density at radius 1 is 1.12 bits per heavy atom. The van der Waals surface area contributed by atoms with Crippen molar-refractivity contribution in [1.29, 1.82) is 0 Å². The van der Waals surface area contributed by atoms with Crippen molar-refractivity contribution in [2.45, 2.75) is 0 Å². The molecule has 0 saturated carbocycles. The van der Waals surface area contributed by atoms with Crippen molar-refractivity contribution in [3.05, 3.63) is 62.4 Å². The molecule has 0 N–H and O–H groups in total. The average Bonchev–Trinajstić information content (AvgIpc) is 2.93. The minimum Gasteiger partial charge on any atom is -0.465 e. The van der Waals surface area contributed by atoms with Crippen LogP contribution in [0.25, 0.3) is 10.1 Å². The molecule has 0 aliphatic carbocycles. The molecule has 0 amide bonds. The topological polar surface area (TPSA) is 52.6 Å². The van der Waals surface area contributed by atoms with E-state index in [1.165, 1.54) is 36.6 Å². The highest BCUT2D eigenvalue weighted by Crippen LogP contribution is 2.36. The molecule has 24 heavy (non-hydrogen) atoms. The van der Waals surface area contributed by atoms with Crippen molar-refractivity contribution < 1.29 is 19.1 Å². The highest BCUT2D eigenvalue weighted by molar-refractivity contribution is 9.10. The van der Waals surface area contributed by atoms with Gasteiger partial charge in [-0.1, -0.05) is 29.8 Å². The summed E-state index contributed by atoms with van der Waals surface area (Å²) in [7, 11) is 1.30. The first kappa shape index (κ1) is 17.0. The monoisotopic (exact) mass is 424 g/mol. The Hall–Kier alpha value is -1.89. The zero-order valence-electron chi connectivity index (χ0n) is 12.3. The maximum absolute atomic E-state index is 12.4. The molecular formula is C17H10BrClO4S. The number of fused-ring (bicyclic) bond motifs is 1. The number of methoxy groups -OCH3 is 1. The van der Waals surface area contributed by atoms with E-state index in [9.17, 15) is 9.59 Å². The van der Waals surface area contributed by atoms with Crippen LogP contribution in [0, 0.1) is 0 Å². The smallest absolute Gasteiger partial charge is 0.355 e. The van der Waals surface area contributed by atoms with Crippen LogP contribution in [-0.2, 0) is 4.74 Å². The zero-order valence-corrected chi connectivity index (χ0v) is 15.5. The lowest BCUT2D eigenvalue weighted by Gasteiger charge is -2.07. The standard InChI is InChI=1S/C17H10BrClO4S/c1-22-16(20)9-6-7-12(11(18)8-9)23-17(21)15-14(19)10-4-2-3-5-13(10)24-15/h2-8H,1H3. The molecule has 0 fully saturated rings. The molecule has 0 spiro atoms. The van der Waals surface area contributed by atoms with Gasteiger partial charge in [-0.2, -0.15) is 0 Å². The third-order valence-electron chi connectivity index (χ3n) is 3.28. The van der Waals surface area contributed by atoms with Gasteiger partial charge in [0, 0.05) is 10.1 Å². The number of hydrogen-bond acceptors (Lipinski definition) is 5. The number of carbonyl (C=O) groups excluding carboxylic acids is 2. The average molecular weight is 426 g/mol. The molecule has 0 unspecified atom stereocenters. The zero-order chi connectivity index (χ0) is 17.3. The fourth-order valence-corrected chi connectivity index (χ4v) is 3.96. The Kier molecular flexibility index (Phi) is 4.89. The van der Waals surface area contributed by atoms with E-state index in [0.29, 0.717) is 25.7 Å². The largest absolute Gasteiger partial charge is 0.465 e. The lowest BCUT2D eigenvalue weighted by molar-refractivity contribution is 0.0600. The third kappa shape index (κ3) is 3.17. The van der Waals surface area contributed by atoms with Crippen molar-refractivity contribution in [1.82, 2.24) is 0 Å². The molecule has 0 aliphatic heterocycles. The quantitative estimate of drug-likeness (QED) is 0.421. The summed E-state index contributed by atoms with van der Waals surface area (Å²) in [5.74, 6) is -0.727. The summed E-state index contributed by atoms with van der Waals surface area (Å²) < 4.78 is 11.4. The van der Waals surface area contributed by atoms with E-state index in [1.54, 1.807) is 0 Å². The summed E-state index contributed by atoms with van der Waals surface area (Å²) in [6, 6.07) is 12.1. The summed E-state index contributed by atoms with van der Waals surface area (Å²) in [6.07, 6.45) is 0. The Bertz CT molecular complexity index is 951. The van der Waals surface area contributed by atoms with Crippen LogP contribution >= 0.6 is 38.9 Å². The number of hydrogen-bond donors (Lipinski definition) is 0. The summed E-state index contributed by atoms with van der Waals surface area (Å²) in [5, 5.41) is 1.19. The summed E-state index contributed by atoms with van der Waals surface area (Å²) in [5.41, 5.74) is 0.351. The number of halogens is 2. The van der Waals surface area contributed by atoms with E-state index < -0.39 is 11.9 Å². The molecule has 0 radical (unpaired) electrons. The van der Waals surface area contributed by atoms with Crippen molar-refractivity contribution in [3.63, 3.8) is 0 Å². The Morgan fingerprint density at radius 2 is 1.88 bits per heavy atom. The van der Waals surface area contributed by atoms with Crippen molar-refractivity contribution >= 4 is 60.9 Å². The van der Waals surface area contributed by atoms with Gasteiger partial charge in [-0.15, -0.1) is 11.3 Å². The molecule has 0 bridgehead atoms. The van der Waals surface area contributed by atoms with Crippen LogP contribution in [0.1, 0.15) is 20.0 Å². The van der Waals surface area contributed by atoms with E-state index in [-0.39, 0.29) is 0 Å².